The molecule has 1 aliphatic heterocycles. The number of likely N-dealkylation sites (N-methyl/N-ethyl adjacent to an activating group) is 1. The van der Waals surface area contributed by atoms with Crippen LogP contribution in [0.3, 0.4) is 0 Å². The van der Waals surface area contributed by atoms with Crippen molar-refractivity contribution in [2.75, 3.05) is 26.7 Å². The van der Waals surface area contributed by atoms with Crippen LogP contribution in [0.1, 0.15) is 5.56 Å². The second-order valence-electron chi connectivity index (χ2n) is 4.88. The van der Waals surface area contributed by atoms with Gasteiger partial charge in [0, 0.05) is 18.1 Å². The summed E-state index contributed by atoms with van der Waals surface area (Å²) < 4.78 is 19.4. The summed E-state index contributed by atoms with van der Waals surface area (Å²) in [7, 11) is 2.03. The van der Waals surface area contributed by atoms with Gasteiger partial charge in [-0.3, -0.25) is 11.3 Å². The molecule has 19 heavy (non-hydrogen) atoms. The first-order valence-electron chi connectivity index (χ1n) is 6.30. The maximum atomic E-state index is 13.7. The van der Waals surface area contributed by atoms with Crippen LogP contribution in [0.25, 0.3) is 0 Å². The van der Waals surface area contributed by atoms with Gasteiger partial charge in [0.2, 0.25) is 0 Å². The van der Waals surface area contributed by atoms with Gasteiger partial charge in [-0.25, -0.2) is 4.39 Å². The smallest absolute Gasteiger partial charge is 0.126 e. The summed E-state index contributed by atoms with van der Waals surface area (Å²) in [5.41, 5.74) is 3.27. The molecule has 1 saturated heterocycles. The van der Waals surface area contributed by atoms with Crippen molar-refractivity contribution in [1.29, 1.82) is 0 Å². The zero-order chi connectivity index (χ0) is 13.8. The molecule has 1 aromatic rings. The summed E-state index contributed by atoms with van der Waals surface area (Å²) in [6.45, 7) is 2.34. The molecule has 1 aliphatic rings. The molecule has 1 aromatic carbocycles. The summed E-state index contributed by atoms with van der Waals surface area (Å²) in [4.78, 5) is 2.17. The largest absolute Gasteiger partial charge is 0.374 e. The molecule has 0 bridgehead atoms. The third kappa shape index (κ3) is 3.87. The summed E-state index contributed by atoms with van der Waals surface area (Å²) in [5.74, 6) is 5.31. The highest BCUT2D eigenvalue weighted by Crippen LogP contribution is 2.18. The van der Waals surface area contributed by atoms with Crippen molar-refractivity contribution >= 4 is 11.6 Å². The third-order valence-corrected chi connectivity index (χ3v) is 3.64. The molecular formula is C13H19ClFN3O. The Labute approximate surface area is 117 Å². The van der Waals surface area contributed by atoms with Crippen LogP contribution in [-0.2, 0) is 11.2 Å². The van der Waals surface area contributed by atoms with Crippen molar-refractivity contribution < 1.29 is 9.13 Å². The first kappa shape index (κ1) is 14.7. The summed E-state index contributed by atoms with van der Waals surface area (Å²) in [6.07, 6.45) is 0.392. The van der Waals surface area contributed by atoms with Crippen LogP contribution in [0.2, 0.25) is 5.02 Å². The number of hydrogen-bond acceptors (Lipinski definition) is 4. The van der Waals surface area contributed by atoms with Gasteiger partial charge in [0.1, 0.15) is 5.82 Å². The Morgan fingerprint density at radius 2 is 2.42 bits per heavy atom. The summed E-state index contributed by atoms with van der Waals surface area (Å²) in [6, 6.07) is 4.40. The number of halogens is 2. The van der Waals surface area contributed by atoms with Gasteiger partial charge < -0.3 is 9.64 Å². The normalized spacial score (nSPS) is 22.4. The van der Waals surface area contributed by atoms with Crippen molar-refractivity contribution in [2.24, 2.45) is 5.84 Å². The number of ether oxygens (including phenoxy) is 1. The molecule has 4 nitrogen and oxygen atoms in total. The maximum Gasteiger partial charge on any atom is 0.126 e. The Hall–Kier alpha value is -0.720. The van der Waals surface area contributed by atoms with Gasteiger partial charge in [-0.2, -0.15) is 0 Å². The van der Waals surface area contributed by atoms with Crippen LogP contribution in [0, 0.1) is 5.82 Å². The van der Waals surface area contributed by atoms with E-state index in [9.17, 15) is 4.39 Å². The number of rotatable bonds is 4. The molecule has 6 heteroatoms. The second-order valence-corrected chi connectivity index (χ2v) is 5.32. The Bertz CT molecular complexity index is 432. The maximum absolute atomic E-state index is 13.7. The number of nitrogens with one attached hydrogen (secondary N) is 1. The Morgan fingerprint density at radius 1 is 1.63 bits per heavy atom. The van der Waals surface area contributed by atoms with E-state index in [1.165, 1.54) is 12.1 Å². The van der Waals surface area contributed by atoms with E-state index in [1.54, 1.807) is 6.07 Å². The van der Waals surface area contributed by atoms with Gasteiger partial charge in [-0.05, 0) is 37.2 Å². The fraction of sp³-hybridized carbons (Fsp3) is 0.538. The minimum absolute atomic E-state index is 0.0536. The van der Waals surface area contributed by atoms with E-state index in [0.717, 1.165) is 13.1 Å². The monoisotopic (exact) mass is 287 g/mol. The Kier molecular flexibility index (Phi) is 5.13. The van der Waals surface area contributed by atoms with Crippen LogP contribution in [0.5, 0.6) is 0 Å². The highest BCUT2D eigenvalue weighted by atomic mass is 35.5. The highest BCUT2D eigenvalue weighted by molar-refractivity contribution is 6.30. The molecule has 0 saturated carbocycles. The number of morpholine rings is 1. The van der Waals surface area contributed by atoms with Gasteiger partial charge in [0.05, 0.1) is 18.8 Å². The van der Waals surface area contributed by atoms with Crippen LogP contribution in [0.4, 0.5) is 4.39 Å². The van der Waals surface area contributed by atoms with E-state index in [0.29, 0.717) is 23.6 Å². The fourth-order valence-corrected chi connectivity index (χ4v) is 2.48. The quantitative estimate of drug-likeness (QED) is 0.645. The van der Waals surface area contributed by atoms with E-state index in [1.807, 2.05) is 7.05 Å². The molecule has 3 N–H and O–H groups in total. The average molecular weight is 288 g/mol. The molecule has 0 aromatic heterocycles. The number of hydrogen-bond donors (Lipinski definition) is 2. The minimum Gasteiger partial charge on any atom is -0.374 e. The van der Waals surface area contributed by atoms with E-state index in [-0.39, 0.29) is 18.0 Å². The lowest BCUT2D eigenvalue weighted by atomic mass is 10.00. The predicted molar refractivity (Wildman–Crippen MR) is 73.5 cm³/mol. The molecule has 106 valence electrons. The molecule has 0 aliphatic carbocycles. The van der Waals surface area contributed by atoms with Crippen LogP contribution >= 0.6 is 11.6 Å². The van der Waals surface area contributed by atoms with E-state index in [4.69, 9.17) is 22.2 Å². The lowest BCUT2D eigenvalue weighted by Gasteiger charge is -2.35. The first-order valence-corrected chi connectivity index (χ1v) is 6.68. The zero-order valence-electron chi connectivity index (χ0n) is 10.9. The molecule has 1 fully saturated rings. The molecule has 0 spiro atoms. The SMILES string of the molecule is CN1CCOC(C(Cc2cc(Cl)ccc2F)NN)C1. The van der Waals surface area contributed by atoms with Crippen LogP contribution < -0.4 is 11.3 Å². The van der Waals surface area contributed by atoms with Gasteiger partial charge in [-0.15, -0.1) is 0 Å². The number of nitrogens with two attached hydrogens (primary N) is 1. The summed E-state index contributed by atoms with van der Waals surface area (Å²) >= 11 is 5.89. The van der Waals surface area contributed by atoms with E-state index < -0.39 is 0 Å². The molecule has 0 radical (unpaired) electrons. The Balaban J connectivity index is 2.07. The number of hydrazine groups is 1. The van der Waals surface area contributed by atoms with E-state index in [2.05, 4.69) is 10.3 Å². The van der Waals surface area contributed by atoms with Crippen molar-refractivity contribution in [3.05, 3.63) is 34.6 Å². The minimum atomic E-state index is -0.270. The van der Waals surface area contributed by atoms with Crippen LogP contribution in [0.15, 0.2) is 18.2 Å². The van der Waals surface area contributed by atoms with Crippen molar-refractivity contribution in [3.8, 4) is 0 Å². The van der Waals surface area contributed by atoms with Crippen LogP contribution in [-0.4, -0.2) is 43.8 Å². The third-order valence-electron chi connectivity index (χ3n) is 3.41. The number of benzene rings is 1. The molecule has 2 atom stereocenters. The van der Waals surface area contributed by atoms with Crippen molar-refractivity contribution in [3.63, 3.8) is 0 Å². The zero-order valence-corrected chi connectivity index (χ0v) is 11.7. The van der Waals surface area contributed by atoms with Gasteiger partial charge in [-0.1, -0.05) is 11.6 Å². The molecule has 2 unspecified atom stereocenters. The number of nitrogens with zero attached hydrogens (tertiary/aromatic N) is 1. The topological polar surface area (TPSA) is 50.5 Å². The standard InChI is InChI=1S/C13H19ClFN3O/c1-18-4-5-19-13(8-18)12(17-16)7-9-6-10(14)2-3-11(9)15/h2-3,6,12-13,17H,4-5,7-8,16H2,1H3. The second kappa shape index (κ2) is 6.63. The molecule has 1 heterocycles. The fourth-order valence-electron chi connectivity index (χ4n) is 2.29. The van der Waals surface area contributed by atoms with Crippen molar-refractivity contribution in [1.82, 2.24) is 10.3 Å². The average Bonchev–Trinajstić information content (AvgIpc) is 2.39. The van der Waals surface area contributed by atoms with E-state index >= 15 is 0 Å². The molecular weight excluding hydrogens is 269 g/mol. The Morgan fingerprint density at radius 3 is 3.11 bits per heavy atom. The van der Waals surface area contributed by atoms with Crippen molar-refractivity contribution in [2.45, 2.75) is 18.6 Å². The lowest BCUT2D eigenvalue weighted by molar-refractivity contribution is -0.0385. The summed E-state index contributed by atoms with van der Waals surface area (Å²) in [5, 5.41) is 0.522. The highest BCUT2D eigenvalue weighted by Gasteiger charge is 2.26. The molecule has 0 amide bonds. The first-order chi connectivity index (χ1) is 9.10. The molecule has 2 rings (SSSR count). The van der Waals surface area contributed by atoms with Gasteiger partial charge in [0.25, 0.3) is 0 Å². The lowest BCUT2D eigenvalue weighted by Crippen LogP contribution is -2.54. The van der Waals surface area contributed by atoms with Gasteiger partial charge in [0.15, 0.2) is 0 Å². The predicted octanol–water partition coefficient (Wildman–Crippen LogP) is 1.18. The van der Waals surface area contributed by atoms with Gasteiger partial charge >= 0.3 is 0 Å².